The topological polar surface area (TPSA) is 30.0 Å². The normalized spacial score (nSPS) is 11.4. The van der Waals surface area contributed by atoms with E-state index in [1.807, 2.05) is 39.8 Å². The van der Waals surface area contributed by atoms with E-state index in [-0.39, 0.29) is 11.2 Å². The number of nitrogens with zero attached hydrogens (tertiary/aromatic N) is 1. The van der Waals surface area contributed by atoms with E-state index >= 15 is 0 Å². The van der Waals surface area contributed by atoms with E-state index in [0.717, 1.165) is 5.69 Å². The van der Waals surface area contributed by atoms with Crippen LogP contribution in [0, 0.1) is 12.3 Å². The van der Waals surface area contributed by atoms with Crippen molar-refractivity contribution in [3.63, 3.8) is 0 Å². The van der Waals surface area contributed by atoms with Gasteiger partial charge in [-0.1, -0.05) is 20.8 Å². The zero-order chi connectivity index (χ0) is 10.1. The molecule has 1 heterocycles. The summed E-state index contributed by atoms with van der Waals surface area (Å²) in [5, 5.41) is 0. The fourth-order valence-corrected chi connectivity index (χ4v) is 1.04. The van der Waals surface area contributed by atoms with E-state index in [1.165, 1.54) is 0 Å². The lowest BCUT2D eigenvalue weighted by atomic mass is 9.87. The highest BCUT2D eigenvalue weighted by molar-refractivity contribution is 5.99. The molecular weight excluding hydrogens is 162 g/mol. The summed E-state index contributed by atoms with van der Waals surface area (Å²) >= 11 is 0. The van der Waals surface area contributed by atoms with Gasteiger partial charge < -0.3 is 0 Å². The molecule has 0 unspecified atom stereocenters. The van der Waals surface area contributed by atoms with Gasteiger partial charge in [-0.2, -0.15) is 0 Å². The lowest BCUT2D eigenvalue weighted by Crippen LogP contribution is -2.20. The van der Waals surface area contributed by atoms with E-state index < -0.39 is 0 Å². The van der Waals surface area contributed by atoms with Gasteiger partial charge in [0.2, 0.25) is 0 Å². The standard InChI is InChI=1S/C11H15NO/c1-8-5-6-9(7-12-8)10(13)11(2,3)4/h5-7H,1-4H3. The predicted octanol–water partition coefficient (Wildman–Crippen LogP) is 2.62. The van der Waals surface area contributed by atoms with Crippen LogP contribution in [-0.2, 0) is 0 Å². The molecule has 13 heavy (non-hydrogen) atoms. The van der Waals surface area contributed by atoms with Crippen molar-refractivity contribution in [2.24, 2.45) is 5.41 Å². The molecule has 0 aliphatic carbocycles. The van der Waals surface area contributed by atoms with Crippen molar-refractivity contribution in [1.29, 1.82) is 0 Å². The zero-order valence-corrected chi connectivity index (χ0v) is 8.59. The number of pyridine rings is 1. The maximum Gasteiger partial charge on any atom is 0.169 e. The van der Waals surface area contributed by atoms with Crippen molar-refractivity contribution < 1.29 is 4.79 Å². The Labute approximate surface area is 79.0 Å². The molecule has 0 radical (unpaired) electrons. The van der Waals surface area contributed by atoms with Crippen LogP contribution in [0.2, 0.25) is 0 Å². The first-order valence-electron chi connectivity index (χ1n) is 4.39. The number of aromatic nitrogens is 1. The SMILES string of the molecule is Cc1ccc(C(=O)C(C)(C)C)cn1. The molecule has 2 heteroatoms. The number of hydrogen-bond acceptors (Lipinski definition) is 2. The molecule has 0 saturated heterocycles. The maximum absolute atomic E-state index is 11.7. The summed E-state index contributed by atoms with van der Waals surface area (Å²) in [6, 6.07) is 3.69. The number of ketones is 1. The second kappa shape index (κ2) is 3.29. The van der Waals surface area contributed by atoms with Gasteiger partial charge in [-0.3, -0.25) is 9.78 Å². The van der Waals surface area contributed by atoms with Crippen molar-refractivity contribution in [3.05, 3.63) is 29.6 Å². The van der Waals surface area contributed by atoms with Gasteiger partial charge in [0.15, 0.2) is 5.78 Å². The minimum absolute atomic E-state index is 0.139. The van der Waals surface area contributed by atoms with Gasteiger partial charge >= 0.3 is 0 Å². The van der Waals surface area contributed by atoms with Gasteiger partial charge in [-0.15, -0.1) is 0 Å². The van der Waals surface area contributed by atoms with Crippen LogP contribution in [0.4, 0.5) is 0 Å². The minimum Gasteiger partial charge on any atom is -0.294 e. The smallest absolute Gasteiger partial charge is 0.169 e. The number of Topliss-reactive ketones (excluding diaryl/α,β-unsaturated/α-hetero) is 1. The fraction of sp³-hybridized carbons (Fsp3) is 0.455. The Balaban J connectivity index is 2.97. The van der Waals surface area contributed by atoms with Gasteiger partial charge in [-0.05, 0) is 19.1 Å². The summed E-state index contributed by atoms with van der Waals surface area (Å²) in [7, 11) is 0. The average Bonchev–Trinajstić information content (AvgIpc) is 2.03. The summed E-state index contributed by atoms with van der Waals surface area (Å²) in [4.78, 5) is 15.8. The molecule has 1 aromatic rings. The quantitative estimate of drug-likeness (QED) is 0.617. The van der Waals surface area contributed by atoms with Crippen LogP contribution < -0.4 is 0 Å². The van der Waals surface area contributed by atoms with Crippen molar-refractivity contribution >= 4 is 5.78 Å². The average molecular weight is 177 g/mol. The number of rotatable bonds is 1. The van der Waals surface area contributed by atoms with E-state index in [0.29, 0.717) is 5.56 Å². The largest absolute Gasteiger partial charge is 0.294 e. The van der Waals surface area contributed by atoms with Crippen LogP contribution in [-0.4, -0.2) is 10.8 Å². The van der Waals surface area contributed by atoms with Crippen molar-refractivity contribution in [3.8, 4) is 0 Å². The monoisotopic (exact) mass is 177 g/mol. The zero-order valence-electron chi connectivity index (χ0n) is 8.59. The highest BCUT2D eigenvalue weighted by atomic mass is 16.1. The summed E-state index contributed by atoms with van der Waals surface area (Å²) in [6.45, 7) is 7.64. The predicted molar refractivity (Wildman–Crippen MR) is 52.8 cm³/mol. The summed E-state index contributed by atoms with van der Waals surface area (Å²) in [5.74, 6) is 0.139. The summed E-state index contributed by atoms with van der Waals surface area (Å²) in [6.07, 6.45) is 1.64. The molecule has 0 aliphatic heterocycles. The minimum atomic E-state index is -0.322. The molecule has 1 aromatic heterocycles. The van der Waals surface area contributed by atoms with Crippen LogP contribution in [0.5, 0.6) is 0 Å². The molecule has 0 aliphatic rings. The van der Waals surface area contributed by atoms with Crippen LogP contribution >= 0.6 is 0 Å². The van der Waals surface area contributed by atoms with E-state index in [9.17, 15) is 4.79 Å². The van der Waals surface area contributed by atoms with Gasteiger partial charge in [-0.25, -0.2) is 0 Å². The molecule has 0 aromatic carbocycles. The van der Waals surface area contributed by atoms with Gasteiger partial charge in [0, 0.05) is 22.9 Å². The highest BCUT2D eigenvalue weighted by Crippen LogP contribution is 2.19. The third-order valence-electron chi connectivity index (χ3n) is 1.85. The Morgan fingerprint density at radius 3 is 2.31 bits per heavy atom. The molecule has 0 amide bonds. The second-order valence-electron chi connectivity index (χ2n) is 4.27. The molecule has 0 saturated carbocycles. The van der Waals surface area contributed by atoms with E-state index in [1.54, 1.807) is 6.20 Å². The maximum atomic E-state index is 11.7. The number of carbonyl (C=O) groups is 1. The molecule has 0 N–H and O–H groups in total. The Kier molecular flexibility index (Phi) is 2.50. The number of aryl methyl sites for hydroxylation is 1. The number of hydrogen-bond donors (Lipinski definition) is 0. The third-order valence-corrected chi connectivity index (χ3v) is 1.85. The number of carbonyl (C=O) groups excluding carboxylic acids is 1. The van der Waals surface area contributed by atoms with Crippen molar-refractivity contribution in [2.75, 3.05) is 0 Å². The molecule has 70 valence electrons. The third kappa shape index (κ3) is 2.38. The summed E-state index contributed by atoms with van der Waals surface area (Å²) in [5.41, 5.74) is 1.31. The Morgan fingerprint density at radius 1 is 1.31 bits per heavy atom. The Bertz CT molecular complexity index is 306. The van der Waals surface area contributed by atoms with Crippen molar-refractivity contribution in [1.82, 2.24) is 4.98 Å². The first-order chi connectivity index (χ1) is 5.91. The highest BCUT2D eigenvalue weighted by Gasteiger charge is 2.22. The molecular formula is C11H15NO. The molecule has 0 fully saturated rings. The first-order valence-corrected chi connectivity index (χ1v) is 4.39. The molecule has 0 spiro atoms. The van der Waals surface area contributed by atoms with Crippen LogP contribution in [0.25, 0.3) is 0 Å². The molecule has 0 atom stereocenters. The van der Waals surface area contributed by atoms with Crippen LogP contribution in [0.15, 0.2) is 18.3 Å². The van der Waals surface area contributed by atoms with Gasteiger partial charge in [0.25, 0.3) is 0 Å². The fourth-order valence-electron chi connectivity index (χ4n) is 1.04. The Hall–Kier alpha value is -1.18. The van der Waals surface area contributed by atoms with Gasteiger partial charge in [0.1, 0.15) is 0 Å². The van der Waals surface area contributed by atoms with Crippen LogP contribution in [0.3, 0.4) is 0 Å². The van der Waals surface area contributed by atoms with E-state index in [2.05, 4.69) is 4.98 Å². The Morgan fingerprint density at radius 2 is 1.92 bits per heavy atom. The lowest BCUT2D eigenvalue weighted by molar-refractivity contribution is 0.0858. The second-order valence-corrected chi connectivity index (χ2v) is 4.27. The summed E-state index contributed by atoms with van der Waals surface area (Å²) < 4.78 is 0. The molecule has 1 rings (SSSR count). The molecule has 0 bridgehead atoms. The van der Waals surface area contributed by atoms with Gasteiger partial charge in [0.05, 0.1) is 0 Å². The lowest BCUT2D eigenvalue weighted by Gasteiger charge is -2.15. The first kappa shape index (κ1) is 9.90. The van der Waals surface area contributed by atoms with Crippen molar-refractivity contribution in [2.45, 2.75) is 27.7 Å². The van der Waals surface area contributed by atoms with Crippen LogP contribution in [0.1, 0.15) is 36.8 Å². The molecule has 2 nitrogen and oxygen atoms in total. The van der Waals surface area contributed by atoms with E-state index in [4.69, 9.17) is 0 Å².